The molecule has 1 aliphatic rings. The van der Waals surface area contributed by atoms with E-state index in [2.05, 4.69) is 52.7 Å². The van der Waals surface area contributed by atoms with Gasteiger partial charge in [-0.3, -0.25) is 4.90 Å². The molecule has 0 amide bonds. The van der Waals surface area contributed by atoms with Crippen molar-refractivity contribution in [2.75, 3.05) is 19.6 Å². The fourth-order valence-corrected chi connectivity index (χ4v) is 2.60. The number of allylic oxidation sites excluding steroid dienone is 2. The zero-order chi connectivity index (χ0) is 12.8. The van der Waals surface area contributed by atoms with Gasteiger partial charge < -0.3 is 4.57 Å². The van der Waals surface area contributed by atoms with Gasteiger partial charge in [-0.2, -0.15) is 0 Å². The highest BCUT2D eigenvalue weighted by atomic mass is 15.2. The Labute approximate surface area is 110 Å². The molecule has 0 unspecified atom stereocenters. The van der Waals surface area contributed by atoms with Crippen LogP contribution in [0.15, 0.2) is 42.5 Å². The third-order valence-corrected chi connectivity index (χ3v) is 3.45. The van der Waals surface area contributed by atoms with Gasteiger partial charge in [0.1, 0.15) is 0 Å². The molecule has 0 aliphatic carbocycles. The monoisotopic (exact) mass is 245 g/mol. The zero-order valence-corrected chi connectivity index (χ0v) is 11.4. The number of imidazole rings is 1. The van der Waals surface area contributed by atoms with Crippen molar-refractivity contribution in [3.8, 4) is 0 Å². The minimum Gasteiger partial charge on any atom is -0.333 e. The Bertz CT molecular complexity index is 403. The summed E-state index contributed by atoms with van der Waals surface area (Å²) in [6, 6.07) is 0.598. The van der Waals surface area contributed by atoms with Gasteiger partial charge in [0, 0.05) is 38.1 Å². The first kappa shape index (κ1) is 13.1. The van der Waals surface area contributed by atoms with E-state index in [0.29, 0.717) is 6.04 Å². The molecule has 2 heterocycles. The predicted molar refractivity (Wildman–Crippen MR) is 75.5 cm³/mol. The van der Waals surface area contributed by atoms with Crippen LogP contribution in [0.5, 0.6) is 0 Å². The molecule has 0 aromatic carbocycles. The number of likely N-dealkylation sites (tertiary alicyclic amines) is 1. The van der Waals surface area contributed by atoms with Crippen LogP contribution in [0, 0.1) is 0 Å². The summed E-state index contributed by atoms with van der Waals surface area (Å²) in [6.45, 7) is 7.67. The Balaban J connectivity index is 1.91. The minimum absolute atomic E-state index is 0.598. The van der Waals surface area contributed by atoms with Crippen molar-refractivity contribution in [3.05, 3.63) is 42.5 Å². The van der Waals surface area contributed by atoms with Gasteiger partial charge in [0.15, 0.2) is 0 Å². The molecule has 2 rings (SSSR count). The molecule has 0 bridgehead atoms. The van der Waals surface area contributed by atoms with E-state index in [1.54, 1.807) is 0 Å². The van der Waals surface area contributed by atoms with Gasteiger partial charge in [-0.25, -0.2) is 4.98 Å². The average Bonchev–Trinajstić information content (AvgIpc) is 2.98. The second kappa shape index (κ2) is 6.55. The van der Waals surface area contributed by atoms with Crippen LogP contribution < -0.4 is 0 Å². The lowest BCUT2D eigenvalue weighted by Gasteiger charge is -2.17. The summed E-state index contributed by atoms with van der Waals surface area (Å²) in [4.78, 5) is 6.67. The smallest absolute Gasteiger partial charge is 0.0948 e. The highest BCUT2D eigenvalue weighted by Gasteiger charge is 2.23. The van der Waals surface area contributed by atoms with Crippen LogP contribution in [-0.2, 0) is 0 Å². The van der Waals surface area contributed by atoms with Crippen LogP contribution in [0.3, 0.4) is 0 Å². The zero-order valence-electron chi connectivity index (χ0n) is 11.4. The SMILES string of the molecule is C/C=C\C(=C/CC)CN1CC[C@@H](n2ccnc2)C1. The summed E-state index contributed by atoms with van der Waals surface area (Å²) >= 11 is 0. The number of rotatable bonds is 5. The highest BCUT2D eigenvalue weighted by Crippen LogP contribution is 2.22. The van der Waals surface area contributed by atoms with Crippen LogP contribution in [-0.4, -0.2) is 34.1 Å². The van der Waals surface area contributed by atoms with E-state index in [0.717, 1.165) is 19.5 Å². The molecule has 0 N–H and O–H groups in total. The quantitative estimate of drug-likeness (QED) is 0.743. The van der Waals surface area contributed by atoms with Gasteiger partial charge in [-0.05, 0) is 25.3 Å². The molecule has 1 saturated heterocycles. The largest absolute Gasteiger partial charge is 0.333 e. The molecular formula is C15H23N3. The molecule has 98 valence electrons. The van der Waals surface area contributed by atoms with Gasteiger partial charge in [-0.15, -0.1) is 0 Å². The lowest BCUT2D eigenvalue weighted by Crippen LogP contribution is -2.23. The number of aromatic nitrogens is 2. The van der Waals surface area contributed by atoms with E-state index >= 15 is 0 Å². The fraction of sp³-hybridized carbons (Fsp3) is 0.533. The van der Waals surface area contributed by atoms with Crippen molar-refractivity contribution < 1.29 is 0 Å². The van der Waals surface area contributed by atoms with E-state index in [9.17, 15) is 0 Å². The van der Waals surface area contributed by atoms with Gasteiger partial charge >= 0.3 is 0 Å². The van der Waals surface area contributed by atoms with Gasteiger partial charge in [-0.1, -0.05) is 25.2 Å². The Morgan fingerprint density at radius 1 is 1.50 bits per heavy atom. The topological polar surface area (TPSA) is 21.1 Å². The standard InChI is InChI=1S/C15H23N3/c1-3-5-14(6-4-2)11-17-9-7-15(12-17)18-10-8-16-13-18/h3,5-6,8,10,13,15H,4,7,9,11-12H2,1-2H3/b5-3-,14-6+/t15-/m1/s1. The van der Waals surface area contributed by atoms with Crippen LogP contribution in [0.1, 0.15) is 32.7 Å². The van der Waals surface area contributed by atoms with Crippen molar-refractivity contribution in [3.63, 3.8) is 0 Å². The van der Waals surface area contributed by atoms with Crippen molar-refractivity contribution in [1.29, 1.82) is 0 Å². The summed E-state index contributed by atoms with van der Waals surface area (Å²) in [5.74, 6) is 0. The summed E-state index contributed by atoms with van der Waals surface area (Å²) in [7, 11) is 0. The summed E-state index contributed by atoms with van der Waals surface area (Å²) in [6.07, 6.45) is 14.9. The molecular weight excluding hydrogens is 222 g/mol. The first-order chi connectivity index (χ1) is 8.83. The maximum atomic E-state index is 4.13. The molecule has 1 aliphatic heterocycles. The molecule has 18 heavy (non-hydrogen) atoms. The molecule has 1 fully saturated rings. The number of hydrogen-bond donors (Lipinski definition) is 0. The maximum absolute atomic E-state index is 4.13. The molecule has 0 spiro atoms. The lowest BCUT2D eigenvalue weighted by atomic mass is 10.2. The van der Waals surface area contributed by atoms with E-state index in [-0.39, 0.29) is 0 Å². The predicted octanol–water partition coefficient (Wildman–Crippen LogP) is 3.04. The van der Waals surface area contributed by atoms with Crippen molar-refractivity contribution >= 4 is 0 Å². The van der Waals surface area contributed by atoms with Crippen LogP contribution in [0.4, 0.5) is 0 Å². The van der Waals surface area contributed by atoms with Crippen LogP contribution in [0.25, 0.3) is 0 Å². The molecule has 0 saturated carbocycles. The minimum atomic E-state index is 0.598. The third-order valence-electron chi connectivity index (χ3n) is 3.45. The molecule has 1 atom stereocenters. The Morgan fingerprint density at radius 2 is 2.39 bits per heavy atom. The average molecular weight is 245 g/mol. The van der Waals surface area contributed by atoms with Crippen molar-refractivity contribution in [1.82, 2.24) is 14.5 Å². The molecule has 1 aromatic heterocycles. The number of hydrogen-bond acceptors (Lipinski definition) is 2. The van der Waals surface area contributed by atoms with E-state index < -0.39 is 0 Å². The van der Waals surface area contributed by atoms with Crippen molar-refractivity contribution in [2.24, 2.45) is 0 Å². The Morgan fingerprint density at radius 3 is 3.06 bits per heavy atom. The first-order valence-corrected chi connectivity index (χ1v) is 6.85. The highest BCUT2D eigenvalue weighted by molar-refractivity contribution is 5.20. The van der Waals surface area contributed by atoms with E-state index in [4.69, 9.17) is 0 Å². The van der Waals surface area contributed by atoms with Gasteiger partial charge in [0.25, 0.3) is 0 Å². The fourth-order valence-electron chi connectivity index (χ4n) is 2.60. The van der Waals surface area contributed by atoms with Gasteiger partial charge in [0.05, 0.1) is 6.33 Å². The summed E-state index contributed by atoms with van der Waals surface area (Å²) in [5.41, 5.74) is 1.44. The Hall–Kier alpha value is -1.35. The number of nitrogens with zero attached hydrogens (tertiary/aromatic N) is 3. The molecule has 3 heteroatoms. The van der Waals surface area contributed by atoms with Crippen LogP contribution >= 0.6 is 0 Å². The normalized spacial score (nSPS) is 22.1. The Kier molecular flexibility index (Phi) is 4.76. The lowest BCUT2D eigenvalue weighted by molar-refractivity contribution is 0.352. The second-order valence-corrected chi connectivity index (χ2v) is 4.87. The van der Waals surface area contributed by atoms with Gasteiger partial charge in [0.2, 0.25) is 0 Å². The summed E-state index contributed by atoms with van der Waals surface area (Å²) in [5, 5.41) is 0. The molecule has 0 radical (unpaired) electrons. The molecule has 1 aromatic rings. The maximum Gasteiger partial charge on any atom is 0.0948 e. The van der Waals surface area contributed by atoms with E-state index in [1.165, 1.54) is 18.5 Å². The molecule has 3 nitrogen and oxygen atoms in total. The first-order valence-electron chi connectivity index (χ1n) is 6.85. The third kappa shape index (κ3) is 3.33. The van der Waals surface area contributed by atoms with Crippen LogP contribution in [0.2, 0.25) is 0 Å². The van der Waals surface area contributed by atoms with E-state index in [1.807, 2.05) is 12.5 Å². The summed E-state index contributed by atoms with van der Waals surface area (Å²) < 4.78 is 2.23. The van der Waals surface area contributed by atoms with Crippen molar-refractivity contribution in [2.45, 2.75) is 32.7 Å². The second-order valence-electron chi connectivity index (χ2n) is 4.87.